The Bertz CT molecular complexity index is 210. The van der Waals surface area contributed by atoms with Gasteiger partial charge in [-0.3, -0.25) is 0 Å². The highest BCUT2D eigenvalue weighted by atomic mass is 16.5. The molecule has 2 saturated heterocycles. The molecule has 0 bridgehead atoms. The predicted octanol–water partition coefficient (Wildman–Crippen LogP) is 1.49. The summed E-state index contributed by atoms with van der Waals surface area (Å²) in [6.45, 7) is 9.97. The van der Waals surface area contributed by atoms with Crippen molar-refractivity contribution in [3.8, 4) is 0 Å². The second-order valence-corrected chi connectivity index (χ2v) is 5.30. The Kier molecular flexibility index (Phi) is 4.62. The molecule has 3 unspecified atom stereocenters. The molecule has 2 heterocycles. The van der Waals surface area contributed by atoms with Crippen molar-refractivity contribution in [3.05, 3.63) is 0 Å². The number of hydrogen-bond acceptors (Lipinski definition) is 3. The maximum Gasteiger partial charge on any atom is 0.0623 e. The summed E-state index contributed by atoms with van der Waals surface area (Å²) < 4.78 is 5.61. The lowest BCUT2D eigenvalue weighted by Gasteiger charge is -2.36. The van der Waals surface area contributed by atoms with Crippen LogP contribution < -0.4 is 5.32 Å². The molecule has 0 aromatic rings. The van der Waals surface area contributed by atoms with Gasteiger partial charge < -0.3 is 15.0 Å². The van der Waals surface area contributed by atoms with Crippen LogP contribution >= 0.6 is 0 Å². The van der Waals surface area contributed by atoms with Crippen molar-refractivity contribution in [1.82, 2.24) is 10.2 Å². The highest BCUT2D eigenvalue weighted by molar-refractivity contribution is 4.85. The molecule has 1 N–H and O–H groups in total. The van der Waals surface area contributed by atoms with Gasteiger partial charge in [0.1, 0.15) is 0 Å². The number of nitrogens with one attached hydrogen (secondary N) is 1. The van der Waals surface area contributed by atoms with Crippen LogP contribution in [0.3, 0.4) is 0 Å². The number of rotatable bonds is 4. The van der Waals surface area contributed by atoms with E-state index >= 15 is 0 Å². The summed E-state index contributed by atoms with van der Waals surface area (Å²) in [4.78, 5) is 2.66. The molecule has 0 amide bonds. The molecule has 0 aliphatic carbocycles. The molecule has 0 aromatic heterocycles. The Hall–Kier alpha value is -0.120. The highest BCUT2D eigenvalue weighted by Crippen LogP contribution is 2.21. The normalized spacial score (nSPS) is 36.8. The first-order valence-corrected chi connectivity index (χ1v) is 6.86. The number of hydrogen-bond donors (Lipinski definition) is 1. The van der Waals surface area contributed by atoms with Crippen molar-refractivity contribution in [1.29, 1.82) is 0 Å². The average molecular weight is 226 g/mol. The lowest BCUT2D eigenvalue weighted by Crippen LogP contribution is -2.46. The second-order valence-electron chi connectivity index (χ2n) is 5.30. The summed E-state index contributed by atoms with van der Waals surface area (Å²) in [5.41, 5.74) is 0. The molecule has 3 nitrogen and oxygen atoms in total. The van der Waals surface area contributed by atoms with Crippen molar-refractivity contribution < 1.29 is 4.74 Å². The van der Waals surface area contributed by atoms with E-state index in [1.54, 1.807) is 0 Å². The van der Waals surface area contributed by atoms with Gasteiger partial charge in [0, 0.05) is 24.5 Å². The summed E-state index contributed by atoms with van der Waals surface area (Å²) in [5, 5.41) is 3.55. The summed E-state index contributed by atoms with van der Waals surface area (Å²) in [7, 11) is 0. The molecule has 0 spiro atoms. The van der Waals surface area contributed by atoms with Crippen LogP contribution in [0.5, 0.6) is 0 Å². The zero-order valence-corrected chi connectivity index (χ0v) is 10.7. The van der Waals surface area contributed by atoms with Gasteiger partial charge >= 0.3 is 0 Å². The molecule has 0 radical (unpaired) electrons. The fourth-order valence-electron chi connectivity index (χ4n) is 3.00. The molecule has 2 fully saturated rings. The minimum absolute atomic E-state index is 0.583. The molecule has 2 aliphatic rings. The molecule has 3 atom stereocenters. The first-order chi connectivity index (χ1) is 7.81. The largest absolute Gasteiger partial charge is 0.379 e. The summed E-state index contributed by atoms with van der Waals surface area (Å²) in [5.74, 6) is 0.695. The van der Waals surface area contributed by atoms with Crippen LogP contribution in [0.1, 0.15) is 33.1 Å². The zero-order valence-electron chi connectivity index (χ0n) is 10.7. The molecule has 94 valence electrons. The van der Waals surface area contributed by atoms with Crippen molar-refractivity contribution in [2.75, 3.05) is 32.8 Å². The summed E-state index contributed by atoms with van der Waals surface area (Å²) >= 11 is 0. The fourth-order valence-corrected chi connectivity index (χ4v) is 3.00. The Morgan fingerprint density at radius 2 is 2.19 bits per heavy atom. The van der Waals surface area contributed by atoms with Gasteiger partial charge in [-0.05, 0) is 32.9 Å². The van der Waals surface area contributed by atoms with Crippen LogP contribution in [0.15, 0.2) is 0 Å². The topological polar surface area (TPSA) is 24.5 Å². The Labute approximate surface area is 99.5 Å². The molecular weight excluding hydrogens is 200 g/mol. The second kappa shape index (κ2) is 5.99. The monoisotopic (exact) mass is 226 g/mol. The Balaban J connectivity index is 1.82. The number of piperidine rings is 1. The maximum absolute atomic E-state index is 5.61. The molecular formula is C13H26N2O. The molecule has 2 rings (SSSR count). The van der Waals surface area contributed by atoms with Gasteiger partial charge in [-0.25, -0.2) is 0 Å². The first kappa shape index (κ1) is 12.3. The first-order valence-electron chi connectivity index (χ1n) is 6.86. The van der Waals surface area contributed by atoms with Gasteiger partial charge in [0.2, 0.25) is 0 Å². The third-order valence-electron chi connectivity index (χ3n) is 4.07. The highest BCUT2D eigenvalue weighted by Gasteiger charge is 2.30. The lowest BCUT2D eigenvalue weighted by atomic mass is 9.98. The standard InChI is InChI=1S/C13H26N2O/c1-3-14-13-10-16-9-12(13)8-15-7-5-4-6-11(15)2/h11-14H,3-10H2,1-2H3. The van der Waals surface area contributed by atoms with E-state index in [9.17, 15) is 0 Å². The molecule has 0 saturated carbocycles. The van der Waals surface area contributed by atoms with E-state index in [2.05, 4.69) is 24.1 Å². The van der Waals surface area contributed by atoms with Crippen molar-refractivity contribution >= 4 is 0 Å². The van der Waals surface area contributed by atoms with Crippen molar-refractivity contribution in [3.63, 3.8) is 0 Å². The van der Waals surface area contributed by atoms with Crippen LogP contribution in [0.2, 0.25) is 0 Å². The van der Waals surface area contributed by atoms with E-state index < -0.39 is 0 Å². The number of ether oxygens (including phenoxy) is 1. The Morgan fingerprint density at radius 3 is 2.94 bits per heavy atom. The number of likely N-dealkylation sites (N-methyl/N-ethyl adjacent to an activating group) is 1. The number of nitrogens with zero attached hydrogens (tertiary/aromatic N) is 1. The summed E-state index contributed by atoms with van der Waals surface area (Å²) in [6, 6.07) is 1.36. The van der Waals surface area contributed by atoms with Crippen LogP contribution in [-0.2, 0) is 4.74 Å². The lowest BCUT2D eigenvalue weighted by molar-refractivity contribution is 0.121. The molecule has 2 aliphatic heterocycles. The van der Waals surface area contributed by atoms with Gasteiger partial charge in [0.15, 0.2) is 0 Å². The van der Waals surface area contributed by atoms with Gasteiger partial charge in [-0.15, -0.1) is 0 Å². The predicted molar refractivity (Wildman–Crippen MR) is 66.7 cm³/mol. The van der Waals surface area contributed by atoms with E-state index in [0.29, 0.717) is 12.0 Å². The smallest absolute Gasteiger partial charge is 0.0623 e. The van der Waals surface area contributed by atoms with E-state index in [1.165, 1.54) is 32.4 Å². The third-order valence-corrected chi connectivity index (χ3v) is 4.07. The zero-order chi connectivity index (χ0) is 11.4. The quantitative estimate of drug-likeness (QED) is 0.786. The van der Waals surface area contributed by atoms with Gasteiger partial charge in [-0.1, -0.05) is 13.3 Å². The van der Waals surface area contributed by atoms with E-state index in [4.69, 9.17) is 4.74 Å². The summed E-state index contributed by atoms with van der Waals surface area (Å²) in [6.07, 6.45) is 4.17. The minimum atomic E-state index is 0.583. The minimum Gasteiger partial charge on any atom is -0.379 e. The van der Waals surface area contributed by atoms with E-state index in [1.807, 2.05) is 0 Å². The van der Waals surface area contributed by atoms with Crippen LogP contribution in [0.4, 0.5) is 0 Å². The third kappa shape index (κ3) is 2.96. The van der Waals surface area contributed by atoms with Crippen LogP contribution in [0, 0.1) is 5.92 Å². The van der Waals surface area contributed by atoms with Crippen molar-refractivity contribution in [2.45, 2.75) is 45.2 Å². The van der Waals surface area contributed by atoms with Gasteiger partial charge in [0.25, 0.3) is 0 Å². The van der Waals surface area contributed by atoms with E-state index in [0.717, 1.165) is 25.8 Å². The fraction of sp³-hybridized carbons (Fsp3) is 1.00. The van der Waals surface area contributed by atoms with Crippen molar-refractivity contribution in [2.24, 2.45) is 5.92 Å². The number of likely N-dealkylation sites (tertiary alicyclic amines) is 1. The maximum atomic E-state index is 5.61. The average Bonchev–Trinajstić information content (AvgIpc) is 2.70. The molecule has 3 heteroatoms. The molecule has 16 heavy (non-hydrogen) atoms. The van der Waals surface area contributed by atoms with Gasteiger partial charge in [-0.2, -0.15) is 0 Å². The molecule has 0 aromatic carbocycles. The SMILES string of the molecule is CCNC1COCC1CN1CCCCC1C. The van der Waals surface area contributed by atoms with Crippen LogP contribution in [0.25, 0.3) is 0 Å². The Morgan fingerprint density at radius 1 is 1.31 bits per heavy atom. The van der Waals surface area contributed by atoms with Crippen LogP contribution in [-0.4, -0.2) is 49.8 Å². The van der Waals surface area contributed by atoms with Gasteiger partial charge in [0.05, 0.1) is 13.2 Å². The van der Waals surface area contributed by atoms with E-state index in [-0.39, 0.29) is 0 Å².